The van der Waals surface area contributed by atoms with Crippen LogP contribution >= 0.6 is 0 Å². The van der Waals surface area contributed by atoms with E-state index in [4.69, 9.17) is 5.26 Å². The molecule has 1 aromatic rings. The molecule has 0 saturated carbocycles. The predicted octanol–water partition coefficient (Wildman–Crippen LogP) is 1.42. The Morgan fingerprint density at radius 2 is 2.06 bits per heavy atom. The number of nitriles is 1. The fraction of sp³-hybridized carbons (Fsp3) is 0.250. The highest BCUT2D eigenvalue weighted by Crippen LogP contribution is 2.10. The second-order valence-corrected chi connectivity index (χ2v) is 3.33. The molecule has 0 aliphatic rings. The summed E-state index contributed by atoms with van der Waals surface area (Å²) in [6.45, 7) is 1.29. The fourth-order valence-electron chi connectivity index (χ4n) is 1.38. The summed E-state index contributed by atoms with van der Waals surface area (Å²) in [4.78, 5) is 22.4. The molecule has 4 heteroatoms. The van der Waals surface area contributed by atoms with E-state index < -0.39 is 5.91 Å². The van der Waals surface area contributed by atoms with E-state index in [9.17, 15) is 9.59 Å². The van der Waals surface area contributed by atoms with Crippen molar-refractivity contribution >= 4 is 11.8 Å². The van der Waals surface area contributed by atoms with Gasteiger partial charge in [0, 0.05) is 18.9 Å². The Balaban J connectivity index is 2.90. The largest absolute Gasteiger partial charge is 0.293 e. The van der Waals surface area contributed by atoms with Crippen LogP contribution in [0, 0.1) is 11.3 Å². The van der Waals surface area contributed by atoms with E-state index in [0.717, 1.165) is 5.56 Å². The second kappa shape index (κ2) is 5.66. The molecule has 0 bridgehead atoms. The number of nitrogens with zero attached hydrogens (tertiary/aromatic N) is 1. The van der Waals surface area contributed by atoms with Crippen molar-refractivity contribution in [2.75, 3.05) is 0 Å². The van der Waals surface area contributed by atoms with E-state index in [2.05, 4.69) is 5.32 Å². The number of carbonyl (C=O) groups excluding carboxylic acids is 2. The Kier molecular flexibility index (Phi) is 4.22. The van der Waals surface area contributed by atoms with Gasteiger partial charge >= 0.3 is 0 Å². The highest BCUT2D eigenvalue weighted by molar-refractivity contribution is 6.04. The van der Waals surface area contributed by atoms with Crippen LogP contribution in [0.1, 0.15) is 29.3 Å². The Morgan fingerprint density at radius 1 is 1.38 bits per heavy atom. The van der Waals surface area contributed by atoms with Crippen molar-refractivity contribution in [3.05, 3.63) is 35.4 Å². The molecule has 0 aliphatic heterocycles. The molecular weight excluding hydrogens is 204 g/mol. The van der Waals surface area contributed by atoms with Gasteiger partial charge in [-0.15, -0.1) is 0 Å². The molecule has 0 atom stereocenters. The lowest BCUT2D eigenvalue weighted by Gasteiger charge is -2.06. The molecular formula is C12H12N2O2. The van der Waals surface area contributed by atoms with E-state index >= 15 is 0 Å². The van der Waals surface area contributed by atoms with Crippen molar-refractivity contribution in [2.45, 2.75) is 19.8 Å². The van der Waals surface area contributed by atoms with Crippen molar-refractivity contribution in [1.82, 2.24) is 5.32 Å². The first-order chi connectivity index (χ1) is 7.65. The first-order valence-electron chi connectivity index (χ1n) is 4.92. The zero-order valence-electron chi connectivity index (χ0n) is 8.99. The number of amides is 2. The van der Waals surface area contributed by atoms with E-state index in [1.54, 1.807) is 24.3 Å². The average molecular weight is 216 g/mol. The van der Waals surface area contributed by atoms with Gasteiger partial charge in [0.15, 0.2) is 0 Å². The van der Waals surface area contributed by atoms with Crippen LogP contribution in [-0.2, 0) is 11.2 Å². The normalized spacial score (nSPS) is 9.25. The molecule has 0 aliphatic carbocycles. The molecule has 2 amide bonds. The van der Waals surface area contributed by atoms with E-state index in [1.165, 1.54) is 6.92 Å². The molecule has 1 N–H and O–H groups in total. The summed E-state index contributed by atoms with van der Waals surface area (Å²) in [6.07, 6.45) is 0.863. The second-order valence-electron chi connectivity index (χ2n) is 3.33. The lowest BCUT2D eigenvalue weighted by atomic mass is 10.0. The maximum absolute atomic E-state index is 11.6. The number of carbonyl (C=O) groups is 2. The number of hydrogen-bond acceptors (Lipinski definition) is 3. The van der Waals surface area contributed by atoms with Crippen molar-refractivity contribution < 1.29 is 9.59 Å². The van der Waals surface area contributed by atoms with Gasteiger partial charge in [-0.3, -0.25) is 14.9 Å². The third kappa shape index (κ3) is 3.21. The molecule has 0 aromatic heterocycles. The van der Waals surface area contributed by atoms with Crippen LogP contribution in [0.5, 0.6) is 0 Å². The van der Waals surface area contributed by atoms with Crippen molar-refractivity contribution in [3.63, 3.8) is 0 Å². The Morgan fingerprint density at radius 3 is 2.69 bits per heavy atom. The molecule has 82 valence electrons. The number of hydrogen-bond donors (Lipinski definition) is 1. The van der Waals surface area contributed by atoms with Crippen LogP contribution in [0.2, 0.25) is 0 Å². The lowest BCUT2D eigenvalue weighted by molar-refractivity contribution is -0.118. The maximum Gasteiger partial charge on any atom is 0.258 e. The summed E-state index contributed by atoms with van der Waals surface area (Å²) in [5, 5.41) is 10.7. The molecule has 1 rings (SSSR count). The quantitative estimate of drug-likeness (QED) is 0.830. The van der Waals surface area contributed by atoms with Crippen LogP contribution < -0.4 is 5.32 Å². The summed E-state index contributed by atoms with van der Waals surface area (Å²) in [6, 6.07) is 8.98. The molecule has 0 fully saturated rings. The highest BCUT2D eigenvalue weighted by Gasteiger charge is 2.11. The van der Waals surface area contributed by atoms with Crippen molar-refractivity contribution in [2.24, 2.45) is 0 Å². The Bertz CT molecular complexity index is 447. The molecule has 0 unspecified atom stereocenters. The number of rotatable bonds is 3. The third-order valence-corrected chi connectivity index (χ3v) is 2.06. The van der Waals surface area contributed by atoms with Crippen molar-refractivity contribution in [1.29, 1.82) is 5.26 Å². The number of imide groups is 1. The third-order valence-electron chi connectivity index (χ3n) is 2.06. The summed E-state index contributed by atoms with van der Waals surface area (Å²) >= 11 is 0. The maximum atomic E-state index is 11.6. The summed E-state index contributed by atoms with van der Waals surface area (Å²) in [7, 11) is 0. The monoisotopic (exact) mass is 216 g/mol. The summed E-state index contributed by atoms with van der Waals surface area (Å²) in [5.74, 6) is -0.805. The van der Waals surface area contributed by atoms with Gasteiger partial charge in [-0.2, -0.15) is 5.26 Å². The minimum absolute atomic E-state index is 0.352. The Hall–Kier alpha value is -2.15. The zero-order valence-corrected chi connectivity index (χ0v) is 8.99. The minimum atomic E-state index is -0.416. The molecule has 0 heterocycles. The number of aryl methyl sites for hydroxylation is 1. The topological polar surface area (TPSA) is 70.0 Å². The molecule has 0 radical (unpaired) electrons. The Labute approximate surface area is 93.9 Å². The van der Waals surface area contributed by atoms with Crippen LogP contribution in [-0.4, -0.2) is 11.8 Å². The van der Waals surface area contributed by atoms with Crippen LogP contribution in [0.25, 0.3) is 0 Å². The molecule has 16 heavy (non-hydrogen) atoms. The zero-order chi connectivity index (χ0) is 12.0. The van der Waals surface area contributed by atoms with Gasteiger partial charge in [-0.25, -0.2) is 0 Å². The molecule has 4 nitrogen and oxygen atoms in total. The van der Waals surface area contributed by atoms with Gasteiger partial charge in [-0.05, 0) is 18.1 Å². The summed E-state index contributed by atoms with van der Waals surface area (Å²) in [5.41, 5.74) is 1.23. The molecule has 1 aromatic carbocycles. The highest BCUT2D eigenvalue weighted by atomic mass is 16.2. The van der Waals surface area contributed by atoms with Crippen LogP contribution in [0.3, 0.4) is 0 Å². The van der Waals surface area contributed by atoms with Gasteiger partial charge < -0.3 is 0 Å². The van der Waals surface area contributed by atoms with Gasteiger partial charge in [-0.1, -0.05) is 18.2 Å². The fourth-order valence-corrected chi connectivity index (χ4v) is 1.38. The van der Waals surface area contributed by atoms with E-state index in [1.807, 2.05) is 6.07 Å². The molecule has 0 spiro atoms. The first kappa shape index (κ1) is 11.9. The number of nitrogens with one attached hydrogen (secondary N) is 1. The molecule has 0 saturated heterocycles. The lowest BCUT2D eigenvalue weighted by Crippen LogP contribution is -2.28. The van der Waals surface area contributed by atoms with Crippen LogP contribution in [0.15, 0.2) is 24.3 Å². The predicted molar refractivity (Wildman–Crippen MR) is 58.5 cm³/mol. The average Bonchev–Trinajstić information content (AvgIpc) is 2.25. The standard InChI is InChI=1S/C12H12N2O2/c1-9(15)14-12(16)11-7-3-2-5-10(11)6-4-8-13/h2-3,5,7H,4,6H2,1H3,(H,14,15,16). The van der Waals surface area contributed by atoms with Gasteiger partial charge in [0.2, 0.25) is 5.91 Å². The van der Waals surface area contributed by atoms with Crippen molar-refractivity contribution in [3.8, 4) is 6.07 Å². The number of benzene rings is 1. The van der Waals surface area contributed by atoms with Gasteiger partial charge in [0.05, 0.1) is 6.07 Å². The van der Waals surface area contributed by atoms with Crippen LogP contribution in [0.4, 0.5) is 0 Å². The van der Waals surface area contributed by atoms with Gasteiger partial charge in [0.25, 0.3) is 5.91 Å². The minimum Gasteiger partial charge on any atom is -0.293 e. The smallest absolute Gasteiger partial charge is 0.258 e. The van der Waals surface area contributed by atoms with E-state index in [-0.39, 0.29) is 5.91 Å². The SMILES string of the molecule is CC(=O)NC(=O)c1ccccc1CCC#N. The van der Waals surface area contributed by atoms with Gasteiger partial charge in [0.1, 0.15) is 0 Å². The summed E-state index contributed by atoms with van der Waals surface area (Å²) < 4.78 is 0. The van der Waals surface area contributed by atoms with E-state index in [0.29, 0.717) is 18.4 Å². The first-order valence-corrected chi connectivity index (χ1v) is 4.92.